The summed E-state index contributed by atoms with van der Waals surface area (Å²) in [5, 5.41) is 7.58. The van der Waals surface area contributed by atoms with Gasteiger partial charge in [-0.25, -0.2) is 4.39 Å². The second-order valence-corrected chi connectivity index (χ2v) is 6.66. The van der Waals surface area contributed by atoms with Gasteiger partial charge in [-0.2, -0.15) is 5.10 Å². The third kappa shape index (κ3) is 3.66. The Morgan fingerprint density at radius 3 is 2.75 bits per heavy atom. The van der Waals surface area contributed by atoms with Crippen molar-refractivity contribution in [2.75, 3.05) is 5.32 Å². The van der Waals surface area contributed by atoms with Gasteiger partial charge in [0.1, 0.15) is 5.82 Å². The number of benzene rings is 1. The summed E-state index contributed by atoms with van der Waals surface area (Å²) in [6.45, 7) is 4.32. The van der Waals surface area contributed by atoms with Crippen LogP contribution in [0.1, 0.15) is 49.1 Å². The van der Waals surface area contributed by atoms with E-state index in [4.69, 9.17) is 0 Å². The van der Waals surface area contributed by atoms with E-state index in [0.29, 0.717) is 6.54 Å². The number of carbonyl (C=O) groups is 1. The van der Waals surface area contributed by atoms with Crippen LogP contribution in [0.25, 0.3) is 0 Å². The molecule has 1 saturated carbocycles. The Kier molecular flexibility index (Phi) is 4.97. The van der Waals surface area contributed by atoms with Gasteiger partial charge in [-0.15, -0.1) is 0 Å². The van der Waals surface area contributed by atoms with Gasteiger partial charge in [0.2, 0.25) is 5.91 Å². The third-order valence-corrected chi connectivity index (χ3v) is 4.83. The Morgan fingerprint density at radius 1 is 1.29 bits per heavy atom. The lowest BCUT2D eigenvalue weighted by molar-refractivity contribution is -0.120. The Morgan fingerprint density at radius 2 is 2.04 bits per heavy atom. The van der Waals surface area contributed by atoms with E-state index in [-0.39, 0.29) is 17.6 Å². The number of aromatic nitrogens is 2. The Hall–Kier alpha value is -2.17. The van der Waals surface area contributed by atoms with E-state index in [1.807, 2.05) is 24.6 Å². The molecule has 24 heavy (non-hydrogen) atoms. The molecule has 1 aromatic heterocycles. The zero-order chi connectivity index (χ0) is 17.1. The fourth-order valence-corrected chi connectivity index (χ4v) is 3.43. The van der Waals surface area contributed by atoms with Crippen LogP contribution in [-0.2, 0) is 11.3 Å². The molecule has 1 fully saturated rings. The van der Waals surface area contributed by atoms with Crippen LogP contribution in [0.2, 0.25) is 0 Å². The maximum Gasteiger partial charge on any atom is 0.227 e. The summed E-state index contributed by atoms with van der Waals surface area (Å²) in [4.78, 5) is 12.5. The summed E-state index contributed by atoms with van der Waals surface area (Å²) in [6, 6.07) is 6.51. The summed E-state index contributed by atoms with van der Waals surface area (Å²) in [6.07, 6.45) is 5.44. The number of aryl methyl sites for hydroxylation is 1. The number of carbonyl (C=O) groups excluding carboxylic acids is 1. The largest absolute Gasteiger partial charge is 0.323 e. The van der Waals surface area contributed by atoms with Gasteiger partial charge in [0.25, 0.3) is 0 Å². The highest BCUT2D eigenvalue weighted by Crippen LogP contribution is 2.27. The Bertz CT molecular complexity index is 732. The van der Waals surface area contributed by atoms with Crippen LogP contribution in [0.4, 0.5) is 10.1 Å². The molecular formula is C19H24FN3O. The van der Waals surface area contributed by atoms with Crippen LogP contribution in [0.5, 0.6) is 0 Å². The number of hydrogen-bond donors (Lipinski definition) is 1. The van der Waals surface area contributed by atoms with Gasteiger partial charge in [0.15, 0.2) is 0 Å². The van der Waals surface area contributed by atoms with Crippen LogP contribution >= 0.6 is 0 Å². The van der Waals surface area contributed by atoms with E-state index in [1.54, 1.807) is 6.07 Å². The molecule has 1 heterocycles. The SMILES string of the molecule is Cc1nn(Cc2cccc(F)c2)c(C)c1NC(=O)C1CCCCC1. The van der Waals surface area contributed by atoms with Crippen molar-refractivity contribution in [1.29, 1.82) is 0 Å². The highest BCUT2D eigenvalue weighted by Gasteiger charge is 2.23. The molecule has 0 bridgehead atoms. The standard InChI is InChI=1S/C19H24FN3O/c1-13-18(21-19(24)16-8-4-3-5-9-16)14(2)23(22-13)12-15-7-6-10-17(20)11-15/h6-7,10-11,16H,3-5,8-9,12H2,1-2H3,(H,21,24). The number of nitrogens with zero attached hydrogens (tertiary/aromatic N) is 2. The molecule has 0 spiro atoms. The highest BCUT2D eigenvalue weighted by molar-refractivity contribution is 5.93. The first-order valence-electron chi connectivity index (χ1n) is 8.64. The molecule has 1 aliphatic carbocycles. The van der Waals surface area contributed by atoms with Crippen molar-refractivity contribution in [3.8, 4) is 0 Å². The maximum atomic E-state index is 13.3. The number of amides is 1. The minimum absolute atomic E-state index is 0.103. The lowest BCUT2D eigenvalue weighted by Crippen LogP contribution is -2.25. The summed E-state index contributed by atoms with van der Waals surface area (Å²) in [5.41, 5.74) is 3.35. The van der Waals surface area contributed by atoms with Crippen molar-refractivity contribution < 1.29 is 9.18 Å². The monoisotopic (exact) mass is 329 g/mol. The molecule has 5 heteroatoms. The maximum absolute atomic E-state index is 13.3. The van der Waals surface area contributed by atoms with E-state index >= 15 is 0 Å². The van der Waals surface area contributed by atoms with Gasteiger partial charge in [0.05, 0.1) is 23.6 Å². The molecular weight excluding hydrogens is 305 g/mol. The summed E-state index contributed by atoms with van der Waals surface area (Å²) < 4.78 is 15.2. The Balaban J connectivity index is 1.75. The quantitative estimate of drug-likeness (QED) is 0.913. The Labute approximate surface area is 142 Å². The van der Waals surface area contributed by atoms with Crippen molar-refractivity contribution in [3.63, 3.8) is 0 Å². The molecule has 0 unspecified atom stereocenters. The molecule has 0 atom stereocenters. The average molecular weight is 329 g/mol. The first-order chi connectivity index (χ1) is 11.5. The van der Waals surface area contributed by atoms with Crippen molar-refractivity contribution in [3.05, 3.63) is 47.0 Å². The highest BCUT2D eigenvalue weighted by atomic mass is 19.1. The van der Waals surface area contributed by atoms with E-state index in [1.165, 1.54) is 18.6 Å². The van der Waals surface area contributed by atoms with Crippen LogP contribution in [0, 0.1) is 25.6 Å². The molecule has 1 aromatic carbocycles. The van der Waals surface area contributed by atoms with Crippen LogP contribution < -0.4 is 5.32 Å². The van der Waals surface area contributed by atoms with Gasteiger partial charge < -0.3 is 5.32 Å². The molecule has 1 N–H and O–H groups in total. The summed E-state index contributed by atoms with van der Waals surface area (Å²) >= 11 is 0. The first kappa shape index (κ1) is 16.7. The lowest BCUT2D eigenvalue weighted by atomic mass is 9.88. The summed E-state index contributed by atoms with van der Waals surface area (Å²) in [7, 11) is 0. The van der Waals surface area contributed by atoms with E-state index in [9.17, 15) is 9.18 Å². The molecule has 1 aliphatic rings. The second kappa shape index (κ2) is 7.16. The van der Waals surface area contributed by atoms with E-state index in [0.717, 1.165) is 48.3 Å². The number of anilines is 1. The minimum Gasteiger partial charge on any atom is -0.323 e. The fourth-order valence-electron chi connectivity index (χ4n) is 3.43. The second-order valence-electron chi connectivity index (χ2n) is 6.66. The van der Waals surface area contributed by atoms with Gasteiger partial charge in [-0.3, -0.25) is 9.48 Å². The normalized spacial score (nSPS) is 15.5. The predicted octanol–water partition coefficient (Wildman–Crippen LogP) is 4.21. The molecule has 4 nitrogen and oxygen atoms in total. The van der Waals surface area contributed by atoms with Gasteiger partial charge >= 0.3 is 0 Å². The molecule has 1 amide bonds. The number of rotatable bonds is 4. The van der Waals surface area contributed by atoms with Gasteiger partial charge in [-0.05, 0) is 44.4 Å². The van der Waals surface area contributed by atoms with Crippen molar-refractivity contribution in [2.45, 2.75) is 52.5 Å². The zero-order valence-corrected chi connectivity index (χ0v) is 14.3. The van der Waals surface area contributed by atoms with Gasteiger partial charge in [0, 0.05) is 5.92 Å². The van der Waals surface area contributed by atoms with Crippen LogP contribution in [0.15, 0.2) is 24.3 Å². The third-order valence-electron chi connectivity index (χ3n) is 4.83. The average Bonchev–Trinajstić information content (AvgIpc) is 2.83. The molecule has 0 saturated heterocycles. The van der Waals surface area contributed by atoms with Crippen LogP contribution in [-0.4, -0.2) is 15.7 Å². The van der Waals surface area contributed by atoms with Crippen LogP contribution in [0.3, 0.4) is 0 Å². The number of nitrogens with one attached hydrogen (secondary N) is 1. The first-order valence-corrected chi connectivity index (χ1v) is 8.64. The molecule has 0 aliphatic heterocycles. The smallest absolute Gasteiger partial charge is 0.227 e. The minimum atomic E-state index is -0.250. The van der Waals surface area contributed by atoms with E-state index in [2.05, 4.69) is 10.4 Å². The molecule has 128 valence electrons. The van der Waals surface area contributed by atoms with E-state index < -0.39 is 0 Å². The fraction of sp³-hybridized carbons (Fsp3) is 0.474. The topological polar surface area (TPSA) is 46.9 Å². The molecule has 3 rings (SSSR count). The van der Waals surface area contributed by atoms with Crippen molar-refractivity contribution in [1.82, 2.24) is 9.78 Å². The van der Waals surface area contributed by atoms with Gasteiger partial charge in [-0.1, -0.05) is 31.4 Å². The molecule has 2 aromatic rings. The zero-order valence-electron chi connectivity index (χ0n) is 14.3. The van der Waals surface area contributed by atoms with Crippen molar-refractivity contribution >= 4 is 11.6 Å². The predicted molar refractivity (Wildman–Crippen MR) is 92.4 cm³/mol. The number of halogens is 1. The van der Waals surface area contributed by atoms with Crippen molar-refractivity contribution in [2.24, 2.45) is 5.92 Å². The number of hydrogen-bond acceptors (Lipinski definition) is 2. The summed E-state index contributed by atoms with van der Waals surface area (Å²) in [5.74, 6) is -0.0322. The molecule has 0 radical (unpaired) electrons. The lowest BCUT2D eigenvalue weighted by Gasteiger charge is -2.20.